The second-order valence-corrected chi connectivity index (χ2v) is 5.92. The lowest BCUT2D eigenvalue weighted by atomic mass is 10.0. The molecule has 0 saturated heterocycles. The standard InChI is InChI=1S/C18H19N3O3/c1-11-3-2-4-12(7-11)8-16-18(23)21(10-17(20)22)14-9-13(19)5-6-15(14)24-16/h2-7,9,16H,8,10,19H2,1H3,(H2,20,22). The Labute approximate surface area is 140 Å². The van der Waals surface area contributed by atoms with Crippen LogP contribution in [-0.2, 0) is 16.0 Å². The molecule has 0 aliphatic carbocycles. The smallest absolute Gasteiger partial charge is 0.268 e. The highest BCUT2D eigenvalue weighted by atomic mass is 16.5. The first-order chi connectivity index (χ1) is 11.4. The van der Waals surface area contributed by atoms with Gasteiger partial charge in [-0.15, -0.1) is 0 Å². The number of nitrogens with zero attached hydrogens (tertiary/aromatic N) is 1. The van der Waals surface area contributed by atoms with Crippen LogP contribution in [-0.4, -0.2) is 24.5 Å². The van der Waals surface area contributed by atoms with E-state index in [-0.39, 0.29) is 12.5 Å². The quantitative estimate of drug-likeness (QED) is 0.830. The molecule has 0 bridgehead atoms. The molecule has 1 heterocycles. The van der Waals surface area contributed by atoms with Crippen molar-refractivity contribution in [2.24, 2.45) is 5.73 Å². The van der Waals surface area contributed by atoms with Crippen LogP contribution in [0.25, 0.3) is 0 Å². The van der Waals surface area contributed by atoms with E-state index in [1.54, 1.807) is 18.2 Å². The zero-order valence-electron chi connectivity index (χ0n) is 13.4. The molecule has 0 saturated carbocycles. The van der Waals surface area contributed by atoms with E-state index in [1.165, 1.54) is 4.90 Å². The molecule has 0 fully saturated rings. The van der Waals surface area contributed by atoms with Crippen LogP contribution in [0.4, 0.5) is 11.4 Å². The van der Waals surface area contributed by atoms with Gasteiger partial charge in [0.25, 0.3) is 5.91 Å². The van der Waals surface area contributed by atoms with Crippen LogP contribution >= 0.6 is 0 Å². The van der Waals surface area contributed by atoms with Crippen molar-refractivity contribution in [3.8, 4) is 5.75 Å². The fourth-order valence-corrected chi connectivity index (χ4v) is 2.84. The summed E-state index contributed by atoms with van der Waals surface area (Å²) in [5, 5.41) is 0. The summed E-state index contributed by atoms with van der Waals surface area (Å²) in [6.45, 7) is 1.79. The molecule has 1 unspecified atom stereocenters. The van der Waals surface area contributed by atoms with Gasteiger partial charge in [0.05, 0.1) is 5.69 Å². The lowest BCUT2D eigenvalue weighted by Gasteiger charge is -2.34. The topological polar surface area (TPSA) is 98.7 Å². The maximum Gasteiger partial charge on any atom is 0.268 e. The van der Waals surface area contributed by atoms with E-state index < -0.39 is 12.0 Å². The van der Waals surface area contributed by atoms with Crippen molar-refractivity contribution < 1.29 is 14.3 Å². The zero-order chi connectivity index (χ0) is 17.3. The molecule has 0 aromatic heterocycles. The van der Waals surface area contributed by atoms with Crippen LogP contribution in [0.1, 0.15) is 11.1 Å². The van der Waals surface area contributed by atoms with Crippen molar-refractivity contribution >= 4 is 23.2 Å². The Morgan fingerprint density at radius 2 is 2.04 bits per heavy atom. The third-order valence-corrected chi connectivity index (χ3v) is 3.90. The fraction of sp³-hybridized carbons (Fsp3) is 0.222. The molecule has 2 amide bonds. The van der Waals surface area contributed by atoms with Crippen LogP contribution in [0.5, 0.6) is 5.75 Å². The van der Waals surface area contributed by atoms with Gasteiger partial charge in [-0.3, -0.25) is 14.5 Å². The van der Waals surface area contributed by atoms with Gasteiger partial charge in [0.1, 0.15) is 12.3 Å². The first-order valence-electron chi connectivity index (χ1n) is 7.65. The maximum atomic E-state index is 12.8. The van der Waals surface area contributed by atoms with E-state index in [2.05, 4.69) is 0 Å². The van der Waals surface area contributed by atoms with Crippen LogP contribution < -0.4 is 21.1 Å². The molecule has 24 heavy (non-hydrogen) atoms. The molecule has 0 spiro atoms. The third kappa shape index (κ3) is 3.17. The van der Waals surface area contributed by atoms with Crippen molar-refractivity contribution in [1.82, 2.24) is 0 Å². The Balaban J connectivity index is 1.94. The summed E-state index contributed by atoms with van der Waals surface area (Å²) in [6, 6.07) is 12.9. The average Bonchev–Trinajstić information content (AvgIpc) is 2.52. The number of carbonyl (C=O) groups is 2. The first kappa shape index (κ1) is 15.9. The second-order valence-electron chi connectivity index (χ2n) is 5.92. The van der Waals surface area contributed by atoms with Crippen molar-refractivity contribution in [3.63, 3.8) is 0 Å². The number of hydrogen-bond donors (Lipinski definition) is 2. The molecule has 1 aliphatic heterocycles. The fourth-order valence-electron chi connectivity index (χ4n) is 2.84. The average molecular weight is 325 g/mol. The van der Waals surface area contributed by atoms with Crippen molar-refractivity contribution in [1.29, 1.82) is 0 Å². The van der Waals surface area contributed by atoms with E-state index in [1.807, 2.05) is 31.2 Å². The van der Waals surface area contributed by atoms with E-state index in [4.69, 9.17) is 16.2 Å². The van der Waals surface area contributed by atoms with Crippen molar-refractivity contribution in [2.45, 2.75) is 19.4 Å². The Morgan fingerprint density at radius 3 is 2.75 bits per heavy atom. The van der Waals surface area contributed by atoms with Gasteiger partial charge in [-0.05, 0) is 30.7 Å². The highest BCUT2D eigenvalue weighted by Crippen LogP contribution is 2.36. The Bertz CT molecular complexity index is 804. The molecular weight excluding hydrogens is 306 g/mol. The Kier molecular flexibility index (Phi) is 4.12. The number of ether oxygens (including phenoxy) is 1. The monoisotopic (exact) mass is 325 g/mol. The normalized spacial score (nSPS) is 16.5. The summed E-state index contributed by atoms with van der Waals surface area (Å²) < 4.78 is 5.86. The van der Waals surface area contributed by atoms with Gasteiger partial charge in [-0.1, -0.05) is 29.8 Å². The first-order valence-corrected chi connectivity index (χ1v) is 7.65. The van der Waals surface area contributed by atoms with E-state index in [0.717, 1.165) is 11.1 Å². The summed E-state index contributed by atoms with van der Waals surface area (Å²) >= 11 is 0. The summed E-state index contributed by atoms with van der Waals surface area (Å²) in [5.74, 6) is -0.371. The highest BCUT2D eigenvalue weighted by molar-refractivity contribution is 6.04. The van der Waals surface area contributed by atoms with Gasteiger partial charge < -0.3 is 16.2 Å². The van der Waals surface area contributed by atoms with Crippen LogP contribution in [0.3, 0.4) is 0 Å². The summed E-state index contributed by atoms with van der Waals surface area (Å²) in [4.78, 5) is 25.5. The summed E-state index contributed by atoms with van der Waals surface area (Å²) in [5.41, 5.74) is 14.1. The van der Waals surface area contributed by atoms with E-state index in [0.29, 0.717) is 23.5 Å². The largest absolute Gasteiger partial charge is 0.478 e. The van der Waals surface area contributed by atoms with Crippen LogP contribution in [0, 0.1) is 6.92 Å². The number of nitrogen functional groups attached to an aromatic ring is 1. The number of carbonyl (C=O) groups excluding carboxylic acids is 2. The predicted molar refractivity (Wildman–Crippen MR) is 91.7 cm³/mol. The van der Waals surface area contributed by atoms with E-state index in [9.17, 15) is 9.59 Å². The number of primary amides is 1. The van der Waals surface area contributed by atoms with Crippen LogP contribution in [0.15, 0.2) is 42.5 Å². The van der Waals surface area contributed by atoms with Crippen molar-refractivity contribution in [2.75, 3.05) is 17.2 Å². The van der Waals surface area contributed by atoms with Crippen molar-refractivity contribution in [3.05, 3.63) is 53.6 Å². The van der Waals surface area contributed by atoms with Gasteiger partial charge >= 0.3 is 0 Å². The molecule has 4 N–H and O–H groups in total. The van der Waals surface area contributed by atoms with Gasteiger partial charge in [0, 0.05) is 12.1 Å². The second kappa shape index (κ2) is 6.23. The molecule has 6 heteroatoms. The Hall–Kier alpha value is -3.02. The summed E-state index contributed by atoms with van der Waals surface area (Å²) in [6.07, 6.45) is -0.290. The molecule has 1 aliphatic rings. The molecule has 1 atom stereocenters. The van der Waals surface area contributed by atoms with Gasteiger partial charge in [0.2, 0.25) is 5.91 Å². The predicted octanol–water partition coefficient (Wildman–Crippen LogP) is 1.40. The zero-order valence-corrected chi connectivity index (χ0v) is 13.4. The minimum absolute atomic E-state index is 0.205. The highest BCUT2D eigenvalue weighted by Gasteiger charge is 2.35. The lowest BCUT2D eigenvalue weighted by Crippen LogP contribution is -2.49. The number of rotatable bonds is 4. The minimum Gasteiger partial charge on any atom is -0.478 e. The van der Waals surface area contributed by atoms with Gasteiger partial charge in [-0.25, -0.2) is 0 Å². The number of anilines is 2. The Morgan fingerprint density at radius 1 is 1.25 bits per heavy atom. The molecule has 6 nitrogen and oxygen atoms in total. The summed E-state index contributed by atoms with van der Waals surface area (Å²) in [7, 11) is 0. The molecule has 3 rings (SSSR count). The number of benzene rings is 2. The van der Waals surface area contributed by atoms with Gasteiger partial charge in [-0.2, -0.15) is 0 Å². The number of amides is 2. The number of hydrogen-bond acceptors (Lipinski definition) is 4. The lowest BCUT2D eigenvalue weighted by molar-refractivity contribution is -0.128. The SMILES string of the molecule is Cc1cccc(CC2Oc3ccc(N)cc3N(CC(N)=O)C2=O)c1. The maximum absolute atomic E-state index is 12.8. The third-order valence-electron chi connectivity index (χ3n) is 3.90. The number of aryl methyl sites for hydroxylation is 1. The minimum atomic E-state index is -0.706. The number of nitrogens with two attached hydrogens (primary N) is 2. The number of fused-ring (bicyclic) bond motifs is 1. The van der Waals surface area contributed by atoms with Crippen LogP contribution in [0.2, 0.25) is 0 Å². The van der Waals surface area contributed by atoms with Gasteiger partial charge in [0.15, 0.2) is 6.10 Å². The molecule has 2 aromatic carbocycles. The molecule has 2 aromatic rings. The molecular formula is C18H19N3O3. The van der Waals surface area contributed by atoms with E-state index >= 15 is 0 Å². The molecule has 124 valence electrons. The molecule has 0 radical (unpaired) electrons.